The van der Waals surface area contributed by atoms with Crippen LogP contribution in [0.25, 0.3) is 0 Å². The molecule has 0 aromatic heterocycles. The van der Waals surface area contributed by atoms with Gasteiger partial charge in [0.25, 0.3) is 0 Å². The molecule has 82 valence electrons. The monoisotopic (exact) mass is 205 g/mol. The predicted octanol–water partition coefficient (Wildman–Crippen LogP) is 3.55. The van der Waals surface area contributed by atoms with E-state index < -0.39 is 0 Å². The zero-order valence-corrected chi connectivity index (χ0v) is 9.86. The Kier molecular flexibility index (Phi) is 3.51. The first-order chi connectivity index (χ1) is 7.00. The van der Waals surface area contributed by atoms with Crippen molar-refractivity contribution in [1.29, 1.82) is 0 Å². The summed E-state index contributed by atoms with van der Waals surface area (Å²) in [7, 11) is 0. The maximum Gasteiger partial charge on any atom is 0.0926 e. The van der Waals surface area contributed by atoms with Crippen molar-refractivity contribution in [2.75, 3.05) is 0 Å². The van der Waals surface area contributed by atoms with Crippen LogP contribution in [-0.4, -0.2) is 10.9 Å². The van der Waals surface area contributed by atoms with Crippen LogP contribution in [0.15, 0.2) is 35.5 Å². The van der Waals surface area contributed by atoms with Gasteiger partial charge in [0.2, 0.25) is 0 Å². The first-order valence-corrected chi connectivity index (χ1v) is 5.28. The molecule has 0 amide bonds. The third-order valence-electron chi connectivity index (χ3n) is 3.20. The lowest BCUT2D eigenvalue weighted by Crippen LogP contribution is -2.30. The minimum Gasteiger partial charge on any atom is -0.411 e. The van der Waals surface area contributed by atoms with Crippen LogP contribution in [0, 0.1) is 11.3 Å². The molecule has 0 aliphatic rings. The van der Waals surface area contributed by atoms with Crippen LogP contribution >= 0.6 is 0 Å². The summed E-state index contributed by atoms with van der Waals surface area (Å²) in [4.78, 5) is 0. The Morgan fingerprint density at radius 1 is 1.20 bits per heavy atom. The number of oxime groups is 1. The van der Waals surface area contributed by atoms with Gasteiger partial charge in [0.1, 0.15) is 0 Å². The smallest absolute Gasteiger partial charge is 0.0926 e. The van der Waals surface area contributed by atoms with Crippen LogP contribution < -0.4 is 0 Å². The van der Waals surface area contributed by atoms with Crippen molar-refractivity contribution in [3.05, 3.63) is 35.9 Å². The van der Waals surface area contributed by atoms with Crippen molar-refractivity contribution in [3.8, 4) is 0 Å². The number of hydrogen-bond acceptors (Lipinski definition) is 2. The summed E-state index contributed by atoms with van der Waals surface area (Å²) in [6.45, 7) is 8.46. The normalized spacial score (nSPS) is 13.3. The molecule has 0 heterocycles. The molecule has 0 radical (unpaired) electrons. The highest BCUT2D eigenvalue weighted by molar-refractivity contribution is 6.04. The van der Waals surface area contributed by atoms with Crippen LogP contribution in [0.1, 0.15) is 33.3 Å². The molecule has 0 saturated carbocycles. The summed E-state index contributed by atoms with van der Waals surface area (Å²) in [5.74, 6) is 0.420. The Morgan fingerprint density at radius 2 is 1.73 bits per heavy atom. The van der Waals surface area contributed by atoms with Gasteiger partial charge in [0.05, 0.1) is 5.71 Å². The lowest BCUT2D eigenvalue weighted by molar-refractivity contribution is 0.294. The second-order valence-electron chi connectivity index (χ2n) is 4.69. The van der Waals surface area contributed by atoms with Crippen molar-refractivity contribution < 1.29 is 5.21 Å². The molecule has 0 aliphatic heterocycles. The summed E-state index contributed by atoms with van der Waals surface area (Å²) < 4.78 is 0. The van der Waals surface area contributed by atoms with Crippen molar-refractivity contribution in [1.82, 2.24) is 0 Å². The van der Waals surface area contributed by atoms with Gasteiger partial charge < -0.3 is 5.21 Å². The lowest BCUT2D eigenvalue weighted by Gasteiger charge is -2.30. The van der Waals surface area contributed by atoms with Crippen molar-refractivity contribution in [2.45, 2.75) is 27.7 Å². The van der Waals surface area contributed by atoms with Gasteiger partial charge in [-0.1, -0.05) is 63.2 Å². The fourth-order valence-electron chi connectivity index (χ4n) is 1.43. The Hall–Kier alpha value is -1.31. The molecule has 0 atom stereocenters. The summed E-state index contributed by atoms with van der Waals surface area (Å²) in [6.07, 6.45) is 0. The highest BCUT2D eigenvalue weighted by atomic mass is 16.4. The molecule has 0 bridgehead atoms. The van der Waals surface area contributed by atoms with Gasteiger partial charge >= 0.3 is 0 Å². The third kappa shape index (κ3) is 2.38. The standard InChI is InChI=1S/C13H19NO/c1-10(2)13(3,4)12(14-15)11-8-6-5-7-9-11/h5-10,15H,1-4H3. The Labute approximate surface area is 91.6 Å². The minimum absolute atomic E-state index is 0.129. The highest BCUT2D eigenvalue weighted by Crippen LogP contribution is 2.31. The molecule has 2 nitrogen and oxygen atoms in total. The molecule has 1 rings (SSSR count). The fourth-order valence-corrected chi connectivity index (χ4v) is 1.43. The largest absolute Gasteiger partial charge is 0.411 e. The highest BCUT2D eigenvalue weighted by Gasteiger charge is 2.30. The zero-order chi connectivity index (χ0) is 11.5. The summed E-state index contributed by atoms with van der Waals surface area (Å²) in [6, 6.07) is 9.81. The van der Waals surface area contributed by atoms with E-state index in [1.54, 1.807) is 0 Å². The first-order valence-electron chi connectivity index (χ1n) is 5.28. The summed E-state index contributed by atoms with van der Waals surface area (Å²) in [5, 5.41) is 12.6. The van der Waals surface area contributed by atoms with E-state index in [1.807, 2.05) is 30.3 Å². The van der Waals surface area contributed by atoms with E-state index in [1.165, 1.54) is 0 Å². The van der Waals surface area contributed by atoms with Crippen molar-refractivity contribution in [3.63, 3.8) is 0 Å². The molecular weight excluding hydrogens is 186 g/mol. The van der Waals surface area contributed by atoms with Gasteiger partial charge in [-0.25, -0.2) is 0 Å². The van der Waals surface area contributed by atoms with E-state index in [0.717, 1.165) is 11.3 Å². The number of benzene rings is 1. The Bertz CT molecular complexity index is 339. The summed E-state index contributed by atoms with van der Waals surface area (Å²) >= 11 is 0. The van der Waals surface area contributed by atoms with E-state index in [4.69, 9.17) is 5.21 Å². The van der Waals surface area contributed by atoms with Crippen LogP contribution in [0.3, 0.4) is 0 Å². The van der Waals surface area contributed by atoms with Crippen LogP contribution in [0.2, 0.25) is 0 Å². The van der Waals surface area contributed by atoms with E-state index in [0.29, 0.717) is 5.92 Å². The lowest BCUT2D eigenvalue weighted by atomic mass is 9.74. The van der Waals surface area contributed by atoms with Crippen LogP contribution in [0.5, 0.6) is 0 Å². The van der Waals surface area contributed by atoms with Crippen molar-refractivity contribution in [2.24, 2.45) is 16.5 Å². The maximum atomic E-state index is 9.15. The number of nitrogens with zero attached hydrogens (tertiary/aromatic N) is 1. The maximum absolute atomic E-state index is 9.15. The number of hydrogen-bond donors (Lipinski definition) is 1. The molecule has 1 aromatic rings. The Balaban J connectivity index is 3.12. The minimum atomic E-state index is -0.129. The average molecular weight is 205 g/mol. The molecule has 0 fully saturated rings. The van der Waals surface area contributed by atoms with Crippen LogP contribution in [0.4, 0.5) is 0 Å². The van der Waals surface area contributed by atoms with Gasteiger partial charge in [-0.15, -0.1) is 0 Å². The van der Waals surface area contributed by atoms with E-state index in [9.17, 15) is 0 Å². The van der Waals surface area contributed by atoms with Gasteiger partial charge in [-0.2, -0.15) is 0 Å². The second kappa shape index (κ2) is 4.47. The third-order valence-corrected chi connectivity index (χ3v) is 3.20. The van der Waals surface area contributed by atoms with E-state index in [2.05, 4.69) is 32.9 Å². The zero-order valence-electron chi connectivity index (χ0n) is 9.86. The molecule has 0 spiro atoms. The molecule has 2 heteroatoms. The molecule has 0 saturated heterocycles. The topological polar surface area (TPSA) is 32.6 Å². The summed E-state index contributed by atoms with van der Waals surface area (Å²) in [5.41, 5.74) is 1.60. The number of rotatable bonds is 3. The SMILES string of the molecule is CC(C)C(C)(C)C(=NO)c1ccccc1. The predicted molar refractivity (Wildman–Crippen MR) is 63.4 cm³/mol. The molecular formula is C13H19NO. The van der Waals surface area contributed by atoms with E-state index >= 15 is 0 Å². The molecule has 15 heavy (non-hydrogen) atoms. The molecule has 1 N–H and O–H groups in total. The first kappa shape index (κ1) is 11.8. The van der Waals surface area contributed by atoms with Gasteiger partial charge in [-0.3, -0.25) is 0 Å². The van der Waals surface area contributed by atoms with Gasteiger partial charge in [0.15, 0.2) is 0 Å². The van der Waals surface area contributed by atoms with E-state index in [-0.39, 0.29) is 5.41 Å². The Morgan fingerprint density at radius 3 is 2.13 bits per heavy atom. The van der Waals surface area contributed by atoms with Crippen LogP contribution in [-0.2, 0) is 0 Å². The van der Waals surface area contributed by atoms with Crippen molar-refractivity contribution >= 4 is 5.71 Å². The quantitative estimate of drug-likeness (QED) is 0.457. The molecule has 0 aliphatic carbocycles. The second-order valence-corrected chi connectivity index (χ2v) is 4.69. The molecule has 1 aromatic carbocycles. The van der Waals surface area contributed by atoms with Gasteiger partial charge in [-0.05, 0) is 11.5 Å². The van der Waals surface area contributed by atoms with Gasteiger partial charge in [0, 0.05) is 5.41 Å². The average Bonchev–Trinajstić information content (AvgIpc) is 2.19. The fraction of sp³-hybridized carbons (Fsp3) is 0.462. The molecule has 0 unspecified atom stereocenters.